The normalized spacial score (nSPS) is 20.5. The molecule has 4 N–H and O–H groups in total. The van der Waals surface area contributed by atoms with E-state index in [-0.39, 0.29) is 31.1 Å². The fourth-order valence-electron chi connectivity index (χ4n) is 6.18. The molecule has 0 saturated carbocycles. The summed E-state index contributed by atoms with van der Waals surface area (Å²) >= 11 is 0. The van der Waals surface area contributed by atoms with E-state index in [0.717, 1.165) is 74.4 Å². The Morgan fingerprint density at radius 3 is 2.04 bits per heavy atom. The third-order valence-electron chi connectivity index (χ3n) is 8.96. The van der Waals surface area contributed by atoms with Gasteiger partial charge in [-0.05, 0) is 35.1 Å². The van der Waals surface area contributed by atoms with E-state index in [1.807, 2.05) is 48.5 Å². The van der Waals surface area contributed by atoms with Crippen LogP contribution in [0.1, 0.15) is 78.7 Å². The summed E-state index contributed by atoms with van der Waals surface area (Å²) in [7, 11) is 0. The van der Waals surface area contributed by atoms with E-state index >= 15 is 0 Å². The lowest BCUT2D eigenvalue weighted by atomic mass is 9.99. The largest absolute Gasteiger partial charge is 0.392 e. The zero-order valence-corrected chi connectivity index (χ0v) is 27.1. The predicted molar refractivity (Wildman–Crippen MR) is 178 cm³/mol. The SMILES string of the molecule is O=C(CCCCCC(=O)NCc1ccc(C2OC(CN3CCN(Cc4ccccc4)CC3)CC(c3ccc(CO)cc3)O2)cc1)NO. The van der Waals surface area contributed by atoms with Gasteiger partial charge in [-0.15, -0.1) is 0 Å². The van der Waals surface area contributed by atoms with Crippen molar-refractivity contribution in [1.82, 2.24) is 20.6 Å². The van der Waals surface area contributed by atoms with Crippen LogP contribution in [0.25, 0.3) is 0 Å². The summed E-state index contributed by atoms with van der Waals surface area (Å²) in [5.74, 6) is -0.434. The van der Waals surface area contributed by atoms with Crippen molar-refractivity contribution in [3.05, 3.63) is 107 Å². The van der Waals surface area contributed by atoms with Gasteiger partial charge in [0.25, 0.3) is 0 Å². The van der Waals surface area contributed by atoms with Crippen molar-refractivity contribution in [2.45, 2.75) is 76.7 Å². The topological polar surface area (TPSA) is 124 Å². The summed E-state index contributed by atoms with van der Waals surface area (Å²) in [6, 6.07) is 26.6. The van der Waals surface area contributed by atoms with Crippen molar-refractivity contribution in [2.75, 3.05) is 32.7 Å². The molecule has 2 heterocycles. The zero-order valence-electron chi connectivity index (χ0n) is 27.1. The number of benzene rings is 3. The molecule has 2 aliphatic heterocycles. The third-order valence-corrected chi connectivity index (χ3v) is 8.96. The monoisotopic (exact) mass is 644 g/mol. The van der Waals surface area contributed by atoms with Crippen molar-refractivity contribution >= 4 is 11.8 Å². The molecule has 3 atom stereocenters. The number of nitrogens with one attached hydrogen (secondary N) is 2. The number of nitrogens with zero attached hydrogens (tertiary/aromatic N) is 2. The summed E-state index contributed by atoms with van der Waals surface area (Å²) in [5, 5.41) is 21.0. The maximum Gasteiger partial charge on any atom is 0.243 e. The predicted octanol–water partition coefficient (Wildman–Crippen LogP) is 4.61. The average molecular weight is 645 g/mol. The number of aliphatic hydroxyl groups is 1. The molecule has 2 amide bonds. The number of carbonyl (C=O) groups excluding carboxylic acids is 2. The number of unbranched alkanes of at least 4 members (excludes halogenated alkanes) is 2. The van der Waals surface area contributed by atoms with Gasteiger partial charge in [-0.25, -0.2) is 5.48 Å². The molecule has 10 heteroatoms. The van der Waals surface area contributed by atoms with Crippen LogP contribution in [0.15, 0.2) is 78.9 Å². The van der Waals surface area contributed by atoms with E-state index in [1.165, 1.54) is 5.56 Å². The second-order valence-electron chi connectivity index (χ2n) is 12.5. The van der Waals surface area contributed by atoms with Gasteiger partial charge in [-0.1, -0.05) is 85.3 Å². The zero-order chi connectivity index (χ0) is 32.8. The van der Waals surface area contributed by atoms with Gasteiger partial charge in [-0.3, -0.25) is 24.6 Å². The van der Waals surface area contributed by atoms with Crippen LogP contribution in [0, 0.1) is 0 Å². The minimum atomic E-state index is -0.521. The summed E-state index contributed by atoms with van der Waals surface area (Å²) in [6.45, 7) is 6.28. The first-order valence-electron chi connectivity index (χ1n) is 16.8. The highest BCUT2D eigenvalue weighted by atomic mass is 16.7. The lowest BCUT2D eigenvalue weighted by Gasteiger charge is -2.40. The lowest BCUT2D eigenvalue weighted by molar-refractivity contribution is -0.253. The van der Waals surface area contributed by atoms with E-state index in [9.17, 15) is 14.7 Å². The van der Waals surface area contributed by atoms with Crippen LogP contribution < -0.4 is 10.8 Å². The van der Waals surface area contributed by atoms with Crippen molar-refractivity contribution in [1.29, 1.82) is 0 Å². The second-order valence-corrected chi connectivity index (χ2v) is 12.5. The number of amides is 2. The Morgan fingerprint density at radius 1 is 0.723 bits per heavy atom. The smallest absolute Gasteiger partial charge is 0.243 e. The number of hydrogen-bond acceptors (Lipinski definition) is 8. The van der Waals surface area contributed by atoms with E-state index in [4.69, 9.17) is 14.7 Å². The van der Waals surface area contributed by atoms with Crippen molar-refractivity contribution < 1.29 is 29.4 Å². The highest BCUT2D eigenvalue weighted by Gasteiger charge is 2.33. The third kappa shape index (κ3) is 11.0. The molecule has 3 aromatic carbocycles. The van der Waals surface area contributed by atoms with Gasteiger partial charge >= 0.3 is 0 Å². The molecule has 0 radical (unpaired) electrons. The number of hydroxylamine groups is 1. The van der Waals surface area contributed by atoms with Gasteiger partial charge in [0.15, 0.2) is 6.29 Å². The van der Waals surface area contributed by atoms with Crippen LogP contribution in [0.4, 0.5) is 0 Å². The summed E-state index contributed by atoms with van der Waals surface area (Å²) < 4.78 is 13.1. The molecule has 252 valence electrons. The second kappa shape index (κ2) is 18.1. The standard InChI is InChI=1S/C37H48N4O6/c42-27-30-13-15-31(16-14-30)34-23-33(26-41-21-19-40(20-22-41)25-29-7-3-1-4-8-29)46-37(47-34)32-17-11-28(12-18-32)24-38-35(43)9-5-2-6-10-36(44)39-45/h1,3-4,7-8,11-18,33-34,37,42,45H,2,5-6,9-10,19-27H2,(H,38,43)(H,39,44). The molecule has 5 rings (SSSR count). The Labute approximate surface area is 277 Å². The molecule has 3 aromatic rings. The van der Waals surface area contributed by atoms with E-state index in [0.29, 0.717) is 25.8 Å². The summed E-state index contributed by atoms with van der Waals surface area (Å²) in [4.78, 5) is 28.4. The Hall–Kier alpha value is -3.64. The van der Waals surface area contributed by atoms with Crippen LogP contribution in [-0.4, -0.2) is 70.8 Å². The molecular weight excluding hydrogens is 596 g/mol. The maximum absolute atomic E-state index is 12.3. The number of piperazine rings is 1. The minimum absolute atomic E-state index is 0.00562. The van der Waals surface area contributed by atoms with Gasteiger partial charge < -0.3 is 19.9 Å². The van der Waals surface area contributed by atoms with Crippen LogP contribution in [0.3, 0.4) is 0 Å². The molecule has 0 aromatic heterocycles. The molecule has 3 unspecified atom stereocenters. The minimum Gasteiger partial charge on any atom is -0.392 e. The van der Waals surface area contributed by atoms with Crippen molar-refractivity contribution in [3.8, 4) is 0 Å². The summed E-state index contributed by atoms with van der Waals surface area (Å²) in [6.07, 6.45) is 2.80. The highest BCUT2D eigenvalue weighted by molar-refractivity contribution is 5.76. The fourth-order valence-corrected chi connectivity index (χ4v) is 6.18. The van der Waals surface area contributed by atoms with Crippen LogP contribution in [0.5, 0.6) is 0 Å². The Bertz CT molecular complexity index is 1380. The van der Waals surface area contributed by atoms with E-state index in [2.05, 4.69) is 45.4 Å². The van der Waals surface area contributed by atoms with Gasteiger partial charge in [0.1, 0.15) is 0 Å². The molecule has 0 spiro atoms. The van der Waals surface area contributed by atoms with E-state index < -0.39 is 12.2 Å². The van der Waals surface area contributed by atoms with Gasteiger partial charge in [0, 0.05) is 70.6 Å². The van der Waals surface area contributed by atoms with Gasteiger partial charge in [0.2, 0.25) is 11.8 Å². The maximum atomic E-state index is 12.3. The van der Waals surface area contributed by atoms with Gasteiger partial charge in [0.05, 0.1) is 18.8 Å². The lowest BCUT2D eigenvalue weighted by Crippen LogP contribution is -2.49. The van der Waals surface area contributed by atoms with Crippen molar-refractivity contribution in [2.24, 2.45) is 0 Å². The Kier molecular flexibility index (Phi) is 13.3. The molecular formula is C37H48N4O6. The molecule has 2 saturated heterocycles. The number of carbonyl (C=O) groups is 2. The molecule has 0 aliphatic carbocycles. The molecule has 2 fully saturated rings. The Morgan fingerprint density at radius 2 is 1.36 bits per heavy atom. The van der Waals surface area contributed by atoms with Gasteiger partial charge in [-0.2, -0.15) is 0 Å². The first-order chi connectivity index (χ1) is 23.0. The number of ether oxygens (including phenoxy) is 2. The summed E-state index contributed by atoms with van der Waals surface area (Å²) in [5.41, 5.74) is 6.83. The number of aliphatic hydroxyl groups excluding tert-OH is 1. The average Bonchev–Trinajstić information content (AvgIpc) is 3.12. The first-order valence-corrected chi connectivity index (χ1v) is 16.8. The van der Waals surface area contributed by atoms with Crippen LogP contribution in [-0.2, 0) is 38.8 Å². The fraction of sp³-hybridized carbons (Fsp3) is 0.459. The molecule has 47 heavy (non-hydrogen) atoms. The number of hydrogen-bond donors (Lipinski definition) is 4. The number of rotatable bonds is 15. The van der Waals surface area contributed by atoms with Crippen LogP contribution >= 0.6 is 0 Å². The highest BCUT2D eigenvalue weighted by Crippen LogP contribution is 2.38. The molecule has 10 nitrogen and oxygen atoms in total. The van der Waals surface area contributed by atoms with Crippen molar-refractivity contribution in [3.63, 3.8) is 0 Å². The quantitative estimate of drug-likeness (QED) is 0.108. The van der Waals surface area contributed by atoms with E-state index in [1.54, 1.807) is 5.48 Å². The first kappa shape index (κ1) is 34.7. The molecule has 0 bridgehead atoms. The molecule has 2 aliphatic rings. The Balaban J connectivity index is 1.14. The van der Waals surface area contributed by atoms with Crippen LogP contribution in [0.2, 0.25) is 0 Å².